The van der Waals surface area contributed by atoms with Gasteiger partial charge in [-0.05, 0) is 6.07 Å². The Hall–Kier alpha value is -1.21. The Bertz CT molecular complexity index is 397. The minimum absolute atomic E-state index is 0. The molecule has 3 N–H and O–H groups in total. The third-order valence-corrected chi connectivity index (χ3v) is 1.98. The quantitative estimate of drug-likeness (QED) is 0.816. The fourth-order valence-electron chi connectivity index (χ4n) is 1.16. The molecule has 0 fully saturated rings. The molecule has 1 aromatic rings. The predicted octanol–water partition coefficient (Wildman–Crippen LogP) is 2.52. The number of benzene rings is 1. The van der Waals surface area contributed by atoms with Crippen LogP contribution in [0.3, 0.4) is 0 Å². The molecule has 0 unspecified atom stereocenters. The lowest BCUT2D eigenvalue weighted by Gasteiger charge is -2.18. The van der Waals surface area contributed by atoms with E-state index in [2.05, 4.69) is 4.74 Å². The Morgan fingerprint density at radius 1 is 1.35 bits per heavy atom. The average molecular weight is 276 g/mol. The van der Waals surface area contributed by atoms with Gasteiger partial charge in [-0.2, -0.15) is 13.2 Å². The summed E-state index contributed by atoms with van der Waals surface area (Å²) in [5.74, 6) is -2.17. The first-order valence-corrected chi connectivity index (χ1v) is 4.16. The number of phenols is 1. The summed E-state index contributed by atoms with van der Waals surface area (Å²) in [7, 11) is 1.09. The number of halogens is 5. The van der Waals surface area contributed by atoms with E-state index in [1.807, 2.05) is 0 Å². The van der Waals surface area contributed by atoms with Crippen LogP contribution in [0.25, 0.3) is 0 Å². The highest BCUT2D eigenvalue weighted by Crippen LogP contribution is 2.39. The first-order chi connectivity index (χ1) is 7.27. The largest absolute Gasteiger partial charge is 0.504 e. The number of hydrogen-bond acceptors (Lipinski definition) is 3. The maximum absolute atomic E-state index is 12.9. The first kappa shape index (κ1) is 15.8. The van der Waals surface area contributed by atoms with Crippen molar-refractivity contribution < 1.29 is 27.4 Å². The fraction of sp³-hybridized carbons (Fsp3) is 0.333. The molecule has 1 aromatic carbocycles. The number of hydrogen-bond donors (Lipinski definition) is 2. The monoisotopic (exact) mass is 275 g/mol. The van der Waals surface area contributed by atoms with E-state index < -0.39 is 35.1 Å². The van der Waals surface area contributed by atoms with Gasteiger partial charge in [0.15, 0.2) is 11.5 Å². The zero-order chi connectivity index (χ0) is 12.5. The summed E-state index contributed by atoms with van der Waals surface area (Å²) in [5.41, 5.74) is 4.10. The summed E-state index contributed by atoms with van der Waals surface area (Å²) < 4.78 is 54.3. The smallest absolute Gasteiger partial charge is 0.407 e. The fourth-order valence-corrected chi connectivity index (χ4v) is 1.16. The number of nitrogens with two attached hydrogens (primary N) is 1. The van der Waals surface area contributed by atoms with E-state index in [1.165, 1.54) is 0 Å². The van der Waals surface area contributed by atoms with Gasteiger partial charge in [0.1, 0.15) is 11.9 Å². The second kappa shape index (κ2) is 5.42. The van der Waals surface area contributed by atoms with E-state index in [1.54, 1.807) is 0 Å². The number of methoxy groups -OCH3 is 1. The second-order valence-corrected chi connectivity index (χ2v) is 3.07. The van der Waals surface area contributed by atoms with Crippen LogP contribution < -0.4 is 10.5 Å². The molecule has 0 amide bonds. The second-order valence-electron chi connectivity index (χ2n) is 3.07. The molecular weight excluding hydrogens is 266 g/mol. The lowest BCUT2D eigenvalue weighted by atomic mass is 10.1. The number of rotatable bonds is 2. The predicted molar refractivity (Wildman–Crippen MR) is 54.8 cm³/mol. The van der Waals surface area contributed by atoms with Crippen LogP contribution in [0.5, 0.6) is 11.5 Å². The highest BCUT2D eigenvalue weighted by Gasteiger charge is 2.40. The minimum Gasteiger partial charge on any atom is -0.504 e. The lowest BCUT2D eigenvalue weighted by Crippen LogP contribution is -2.28. The summed E-state index contributed by atoms with van der Waals surface area (Å²) in [6, 6.07) is -1.17. The van der Waals surface area contributed by atoms with Crippen molar-refractivity contribution in [3.63, 3.8) is 0 Å². The standard InChI is InChI=1S/C9H9F4NO2.ClH/c1-16-6-3-4(10)2-5(7(6)15)8(14)9(11,12)13;/h2-3,8,15H,14H2,1H3;1H/t8-;/m1./s1. The molecule has 0 aliphatic rings. The van der Waals surface area contributed by atoms with Crippen LogP contribution in [-0.4, -0.2) is 18.4 Å². The van der Waals surface area contributed by atoms with Crippen molar-refractivity contribution in [2.45, 2.75) is 12.2 Å². The normalized spacial score (nSPS) is 12.8. The lowest BCUT2D eigenvalue weighted by molar-refractivity contribution is -0.149. The van der Waals surface area contributed by atoms with Gasteiger partial charge in [-0.25, -0.2) is 4.39 Å². The van der Waals surface area contributed by atoms with Crippen molar-refractivity contribution >= 4 is 12.4 Å². The molecule has 1 atom stereocenters. The summed E-state index contributed by atoms with van der Waals surface area (Å²) in [6.07, 6.45) is -4.77. The van der Waals surface area contributed by atoms with Crippen LogP contribution in [0.4, 0.5) is 17.6 Å². The molecule has 17 heavy (non-hydrogen) atoms. The number of ether oxygens (including phenoxy) is 1. The minimum atomic E-state index is -4.77. The van der Waals surface area contributed by atoms with Crippen molar-refractivity contribution in [2.24, 2.45) is 5.73 Å². The Morgan fingerprint density at radius 2 is 1.88 bits per heavy atom. The molecule has 0 saturated carbocycles. The molecule has 0 heterocycles. The molecule has 0 bridgehead atoms. The Kier molecular flexibility index (Phi) is 5.03. The summed E-state index contributed by atoms with van der Waals surface area (Å²) in [4.78, 5) is 0. The van der Waals surface area contributed by atoms with Gasteiger partial charge < -0.3 is 15.6 Å². The highest BCUT2D eigenvalue weighted by molar-refractivity contribution is 5.85. The van der Waals surface area contributed by atoms with Gasteiger partial charge >= 0.3 is 6.18 Å². The van der Waals surface area contributed by atoms with E-state index in [0.29, 0.717) is 6.07 Å². The summed E-state index contributed by atoms with van der Waals surface area (Å²) in [5, 5.41) is 9.38. The van der Waals surface area contributed by atoms with E-state index in [9.17, 15) is 22.7 Å². The van der Waals surface area contributed by atoms with E-state index >= 15 is 0 Å². The number of alkyl halides is 3. The van der Waals surface area contributed by atoms with E-state index in [4.69, 9.17) is 5.73 Å². The van der Waals surface area contributed by atoms with Crippen molar-refractivity contribution in [2.75, 3.05) is 7.11 Å². The zero-order valence-electron chi connectivity index (χ0n) is 8.58. The molecule has 0 aliphatic heterocycles. The van der Waals surface area contributed by atoms with Crippen LogP contribution in [0.15, 0.2) is 12.1 Å². The SMILES string of the molecule is COc1cc(F)cc([C@@H](N)C(F)(F)F)c1O.Cl. The van der Waals surface area contributed by atoms with Gasteiger partial charge in [0.2, 0.25) is 0 Å². The topological polar surface area (TPSA) is 55.5 Å². The van der Waals surface area contributed by atoms with Crippen molar-refractivity contribution in [1.29, 1.82) is 0 Å². The van der Waals surface area contributed by atoms with Gasteiger partial charge in [-0.1, -0.05) is 0 Å². The van der Waals surface area contributed by atoms with E-state index in [-0.39, 0.29) is 12.4 Å². The van der Waals surface area contributed by atoms with Crippen molar-refractivity contribution in [3.8, 4) is 11.5 Å². The summed E-state index contributed by atoms with van der Waals surface area (Å²) >= 11 is 0. The molecule has 0 radical (unpaired) electrons. The third-order valence-electron chi connectivity index (χ3n) is 1.98. The summed E-state index contributed by atoms with van der Waals surface area (Å²) in [6.45, 7) is 0. The van der Waals surface area contributed by atoms with Gasteiger partial charge in [0.25, 0.3) is 0 Å². The average Bonchev–Trinajstić information content (AvgIpc) is 2.18. The van der Waals surface area contributed by atoms with Crippen LogP contribution in [-0.2, 0) is 0 Å². The van der Waals surface area contributed by atoms with Gasteiger partial charge in [-0.3, -0.25) is 0 Å². The van der Waals surface area contributed by atoms with Crippen LogP contribution in [0.1, 0.15) is 11.6 Å². The maximum atomic E-state index is 12.9. The molecule has 0 aliphatic carbocycles. The maximum Gasteiger partial charge on any atom is 0.407 e. The van der Waals surface area contributed by atoms with Gasteiger partial charge in [0, 0.05) is 11.6 Å². The Labute approximate surface area is 101 Å². The van der Waals surface area contributed by atoms with Gasteiger partial charge in [-0.15, -0.1) is 12.4 Å². The molecule has 8 heteroatoms. The number of phenolic OH excluding ortho intramolecular Hbond substituents is 1. The van der Waals surface area contributed by atoms with Crippen LogP contribution >= 0.6 is 12.4 Å². The van der Waals surface area contributed by atoms with Crippen molar-refractivity contribution in [3.05, 3.63) is 23.5 Å². The molecule has 0 saturated heterocycles. The third kappa shape index (κ3) is 3.37. The molecule has 98 valence electrons. The number of aromatic hydroxyl groups is 1. The molecule has 3 nitrogen and oxygen atoms in total. The highest BCUT2D eigenvalue weighted by atomic mass is 35.5. The van der Waals surface area contributed by atoms with Crippen LogP contribution in [0, 0.1) is 5.82 Å². The molecule has 0 spiro atoms. The Balaban J connectivity index is 0.00000256. The first-order valence-electron chi connectivity index (χ1n) is 4.16. The van der Waals surface area contributed by atoms with Crippen LogP contribution in [0.2, 0.25) is 0 Å². The molecule has 0 aromatic heterocycles. The molecular formula is C9H10ClF4NO2. The van der Waals surface area contributed by atoms with Crippen molar-refractivity contribution in [1.82, 2.24) is 0 Å². The molecule has 1 rings (SSSR count). The van der Waals surface area contributed by atoms with E-state index in [0.717, 1.165) is 13.2 Å². The van der Waals surface area contributed by atoms with Gasteiger partial charge in [0.05, 0.1) is 7.11 Å². The Morgan fingerprint density at radius 3 is 2.29 bits per heavy atom. The zero-order valence-corrected chi connectivity index (χ0v) is 9.40.